The number of piperazine rings is 1. The van der Waals surface area contributed by atoms with Crippen molar-refractivity contribution < 1.29 is 0 Å². The Morgan fingerprint density at radius 1 is 1.53 bits per heavy atom. The fraction of sp³-hybridized carbons (Fsp3) is 0.769. The van der Waals surface area contributed by atoms with Crippen LogP contribution in [0.15, 0.2) is 10.9 Å². The van der Waals surface area contributed by atoms with Gasteiger partial charge in [0, 0.05) is 37.1 Å². The molecule has 0 saturated carbocycles. The molecule has 2 rings (SSSR count). The van der Waals surface area contributed by atoms with E-state index in [4.69, 9.17) is 0 Å². The summed E-state index contributed by atoms with van der Waals surface area (Å²) in [6.07, 6.45) is 3.76. The number of rotatable bonds is 5. The molecule has 1 saturated heterocycles. The van der Waals surface area contributed by atoms with Gasteiger partial charge in [0.1, 0.15) is 0 Å². The molecule has 0 aliphatic carbocycles. The molecule has 0 bridgehead atoms. The van der Waals surface area contributed by atoms with Crippen LogP contribution in [0.5, 0.6) is 0 Å². The van der Waals surface area contributed by atoms with E-state index in [1.165, 1.54) is 31.5 Å². The Morgan fingerprint density at radius 3 is 3.06 bits per heavy atom. The first kappa shape index (κ1) is 13.0. The minimum absolute atomic E-state index is 0.668. The molecule has 4 heteroatoms. The van der Waals surface area contributed by atoms with Gasteiger partial charge in [0.2, 0.25) is 0 Å². The third-order valence-corrected chi connectivity index (χ3v) is 4.21. The highest BCUT2D eigenvalue weighted by Gasteiger charge is 2.26. The summed E-state index contributed by atoms with van der Waals surface area (Å²) < 4.78 is 0. The number of hydrogen-bond acceptors (Lipinski definition) is 4. The third-order valence-electron chi connectivity index (χ3n) is 3.57. The molecule has 17 heavy (non-hydrogen) atoms. The molecule has 0 spiro atoms. The number of nitrogens with zero attached hydrogens (tertiary/aromatic N) is 2. The lowest BCUT2D eigenvalue weighted by molar-refractivity contribution is 0.114. The van der Waals surface area contributed by atoms with Crippen molar-refractivity contribution in [3.8, 4) is 0 Å². The first-order valence-electron chi connectivity index (χ1n) is 6.68. The molecular weight excluding hydrogens is 230 g/mol. The van der Waals surface area contributed by atoms with Crippen molar-refractivity contribution in [2.75, 3.05) is 13.1 Å². The molecule has 1 aromatic rings. The monoisotopic (exact) mass is 253 g/mol. The van der Waals surface area contributed by atoms with E-state index < -0.39 is 0 Å². The summed E-state index contributed by atoms with van der Waals surface area (Å²) in [5.41, 5.74) is 3.16. The highest BCUT2D eigenvalue weighted by Crippen LogP contribution is 2.16. The molecule has 2 unspecified atom stereocenters. The van der Waals surface area contributed by atoms with Crippen molar-refractivity contribution in [1.82, 2.24) is 15.2 Å². The zero-order valence-corrected chi connectivity index (χ0v) is 11.7. The first-order chi connectivity index (χ1) is 8.33. The number of thiazole rings is 1. The molecule has 1 N–H and O–H groups in total. The van der Waals surface area contributed by atoms with E-state index in [0.717, 1.165) is 13.1 Å². The molecule has 3 nitrogen and oxygen atoms in total. The third kappa shape index (κ3) is 3.50. The zero-order valence-electron chi connectivity index (χ0n) is 10.9. The van der Waals surface area contributed by atoms with E-state index in [2.05, 4.69) is 34.4 Å². The quantitative estimate of drug-likeness (QED) is 0.874. The Kier molecular flexibility index (Phi) is 4.95. The van der Waals surface area contributed by atoms with E-state index in [1.54, 1.807) is 11.3 Å². The first-order valence-corrected chi connectivity index (χ1v) is 7.62. The average molecular weight is 253 g/mol. The summed E-state index contributed by atoms with van der Waals surface area (Å²) in [6, 6.07) is 1.34. The van der Waals surface area contributed by atoms with E-state index in [-0.39, 0.29) is 0 Å². The van der Waals surface area contributed by atoms with Crippen LogP contribution < -0.4 is 5.32 Å². The predicted molar refractivity (Wildman–Crippen MR) is 73.3 cm³/mol. The van der Waals surface area contributed by atoms with Crippen molar-refractivity contribution in [1.29, 1.82) is 0 Å². The average Bonchev–Trinajstić information content (AvgIpc) is 2.83. The predicted octanol–water partition coefficient (Wildman–Crippen LogP) is 2.50. The van der Waals surface area contributed by atoms with Crippen LogP contribution in [-0.2, 0) is 6.54 Å². The summed E-state index contributed by atoms with van der Waals surface area (Å²) in [5, 5.41) is 5.84. The number of aromatic nitrogens is 1. The second kappa shape index (κ2) is 6.47. The van der Waals surface area contributed by atoms with Gasteiger partial charge in [0.15, 0.2) is 0 Å². The van der Waals surface area contributed by atoms with Gasteiger partial charge >= 0.3 is 0 Å². The van der Waals surface area contributed by atoms with Crippen molar-refractivity contribution in [2.24, 2.45) is 0 Å². The van der Waals surface area contributed by atoms with E-state index in [9.17, 15) is 0 Å². The Morgan fingerprint density at radius 2 is 2.41 bits per heavy atom. The maximum atomic E-state index is 4.41. The van der Waals surface area contributed by atoms with Crippen LogP contribution in [-0.4, -0.2) is 35.1 Å². The second-order valence-electron chi connectivity index (χ2n) is 4.87. The standard InChI is InChI=1S/C13H23N3S/c1-3-5-11-7-16(13(4-2)6-14-11)8-12-9-17-10-15-12/h9-11,13-14H,3-8H2,1-2H3. The zero-order chi connectivity index (χ0) is 12.1. The van der Waals surface area contributed by atoms with Crippen molar-refractivity contribution in [2.45, 2.75) is 51.7 Å². The molecule has 1 aliphatic rings. The van der Waals surface area contributed by atoms with Crippen LogP contribution in [0.4, 0.5) is 0 Å². The Balaban J connectivity index is 1.94. The SMILES string of the molecule is CCCC1CN(Cc2cscn2)C(CC)CN1. The lowest BCUT2D eigenvalue weighted by Crippen LogP contribution is -2.55. The van der Waals surface area contributed by atoms with Gasteiger partial charge in [-0.3, -0.25) is 4.90 Å². The summed E-state index contributed by atoms with van der Waals surface area (Å²) >= 11 is 1.69. The maximum Gasteiger partial charge on any atom is 0.0795 e. The smallest absolute Gasteiger partial charge is 0.0795 e. The van der Waals surface area contributed by atoms with Gasteiger partial charge in [-0.15, -0.1) is 11.3 Å². The Hall–Kier alpha value is -0.450. The minimum atomic E-state index is 0.668. The molecule has 0 radical (unpaired) electrons. The largest absolute Gasteiger partial charge is 0.311 e. The van der Waals surface area contributed by atoms with Crippen molar-refractivity contribution >= 4 is 11.3 Å². The highest BCUT2D eigenvalue weighted by atomic mass is 32.1. The van der Waals surface area contributed by atoms with Crippen LogP contribution in [0.3, 0.4) is 0 Å². The second-order valence-corrected chi connectivity index (χ2v) is 5.58. The van der Waals surface area contributed by atoms with Gasteiger partial charge in [0.25, 0.3) is 0 Å². The fourth-order valence-electron chi connectivity index (χ4n) is 2.59. The van der Waals surface area contributed by atoms with E-state index >= 15 is 0 Å². The molecule has 1 aliphatic heterocycles. The number of nitrogens with one attached hydrogen (secondary N) is 1. The summed E-state index contributed by atoms with van der Waals surface area (Å²) in [5.74, 6) is 0. The minimum Gasteiger partial charge on any atom is -0.311 e. The van der Waals surface area contributed by atoms with Crippen LogP contribution in [0.25, 0.3) is 0 Å². The lowest BCUT2D eigenvalue weighted by Gasteiger charge is -2.39. The van der Waals surface area contributed by atoms with Gasteiger partial charge < -0.3 is 5.32 Å². The number of hydrogen-bond donors (Lipinski definition) is 1. The Labute approximate surface area is 108 Å². The Bertz CT molecular complexity index is 312. The van der Waals surface area contributed by atoms with Crippen LogP contribution in [0.1, 0.15) is 38.8 Å². The van der Waals surface area contributed by atoms with E-state index in [0.29, 0.717) is 12.1 Å². The van der Waals surface area contributed by atoms with Crippen LogP contribution in [0, 0.1) is 0 Å². The molecule has 2 atom stereocenters. The molecule has 2 heterocycles. The van der Waals surface area contributed by atoms with Gasteiger partial charge in [0.05, 0.1) is 11.2 Å². The van der Waals surface area contributed by atoms with Gasteiger partial charge in [-0.2, -0.15) is 0 Å². The van der Waals surface area contributed by atoms with Crippen molar-refractivity contribution in [3.63, 3.8) is 0 Å². The molecule has 1 aromatic heterocycles. The summed E-state index contributed by atoms with van der Waals surface area (Å²) in [7, 11) is 0. The molecule has 0 aromatic carbocycles. The normalized spacial score (nSPS) is 26.2. The summed E-state index contributed by atoms with van der Waals surface area (Å²) in [4.78, 5) is 7.01. The fourth-order valence-corrected chi connectivity index (χ4v) is 3.14. The van der Waals surface area contributed by atoms with Gasteiger partial charge in [-0.05, 0) is 12.8 Å². The van der Waals surface area contributed by atoms with Gasteiger partial charge in [-0.25, -0.2) is 4.98 Å². The maximum absolute atomic E-state index is 4.41. The lowest BCUT2D eigenvalue weighted by atomic mass is 10.0. The molecule has 0 amide bonds. The van der Waals surface area contributed by atoms with Crippen LogP contribution in [0.2, 0.25) is 0 Å². The van der Waals surface area contributed by atoms with Crippen LogP contribution >= 0.6 is 11.3 Å². The van der Waals surface area contributed by atoms with Crippen molar-refractivity contribution in [3.05, 3.63) is 16.6 Å². The van der Waals surface area contributed by atoms with E-state index in [1.807, 2.05) is 5.51 Å². The highest BCUT2D eigenvalue weighted by molar-refractivity contribution is 7.07. The summed E-state index contributed by atoms with van der Waals surface area (Å²) in [6.45, 7) is 7.86. The topological polar surface area (TPSA) is 28.2 Å². The molecule has 1 fully saturated rings. The van der Waals surface area contributed by atoms with Gasteiger partial charge in [-0.1, -0.05) is 20.3 Å². The molecule has 96 valence electrons. The molecular formula is C13H23N3S.